The standard InChI is InChI=1S/C59H69N9O9/c60-27-13-12-22-48-54(70)65-49(31-39-23-25-44(26-24-39)76-37-40-16-6-2-7-17-40)52(69)33-42(30-38-14-4-1-5-15-38)58(74)68-36-45(77-59(75)62-29-28-61)34-51(68)56(72)67-53(41-18-8-3-9-19-41)57(73)66-50(55(71)64-48)32-43-35-63-47-21-11-10-20-46(43)47/h1-11,14-21,23-26,42-43,45,48-51,53,63H,12-13,22,27-37,60-61H2,(H,62,75)(H,64,71)(H,65,70)(H,66,73)(H,67,72)/t42-,43?,45-,48+,49+,50-,51+,53+/m1/s1. The van der Waals surface area contributed by atoms with Crippen LogP contribution in [0.25, 0.3) is 0 Å². The Hall–Kier alpha value is -8.09. The molecule has 8 atom stereocenters. The zero-order chi connectivity index (χ0) is 54.1. The van der Waals surface area contributed by atoms with Crippen molar-refractivity contribution in [2.75, 3.05) is 38.0 Å². The van der Waals surface area contributed by atoms with Crippen LogP contribution in [0.15, 0.2) is 140 Å². The van der Waals surface area contributed by atoms with Crippen LogP contribution in [0, 0.1) is 5.92 Å². The molecule has 3 aliphatic rings. The predicted octanol–water partition coefficient (Wildman–Crippen LogP) is 4.33. The smallest absolute Gasteiger partial charge is 0.407 e. The lowest BCUT2D eigenvalue weighted by Gasteiger charge is -2.31. The van der Waals surface area contributed by atoms with E-state index in [0.29, 0.717) is 49.4 Å². The lowest BCUT2D eigenvalue weighted by Crippen LogP contribution is -2.58. The van der Waals surface area contributed by atoms with Gasteiger partial charge in [0, 0.05) is 50.0 Å². The Kier molecular flexibility index (Phi) is 19.4. The van der Waals surface area contributed by atoms with Crippen molar-refractivity contribution in [1.29, 1.82) is 0 Å². The lowest BCUT2D eigenvalue weighted by molar-refractivity contribution is -0.144. The third-order valence-corrected chi connectivity index (χ3v) is 14.3. The fraction of sp³-hybridized carbons (Fsp3) is 0.373. The Labute approximate surface area is 448 Å². The highest BCUT2D eigenvalue weighted by Crippen LogP contribution is 2.35. The molecule has 404 valence electrons. The van der Waals surface area contributed by atoms with Crippen molar-refractivity contribution in [3.63, 3.8) is 0 Å². The van der Waals surface area contributed by atoms with Crippen LogP contribution in [0.2, 0.25) is 0 Å². The molecule has 18 nitrogen and oxygen atoms in total. The van der Waals surface area contributed by atoms with Crippen molar-refractivity contribution < 1.29 is 43.0 Å². The first-order valence-electron chi connectivity index (χ1n) is 26.5. The van der Waals surface area contributed by atoms with Gasteiger partial charge in [-0.05, 0) is 91.1 Å². The van der Waals surface area contributed by atoms with Crippen LogP contribution in [0.1, 0.15) is 78.3 Å². The van der Waals surface area contributed by atoms with Crippen molar-refractivity contribution >= 4 is 47.1 Å². The molecule has 0 aliphatic carbocycles. The minimum Gasteiger partial charge on any atom is -0.489 e. The van der Waals surface area contributed by atoms with Crippen LogP contribution >= 0.6 is 0 Å². The quantitative estimate of drug-likeness (QED) is 0.0605. The third kappa shape index (κ3) is 15.1. The van der Waals surface area contributed by atoms with Gasteiger partial charge in [0.15, 0.2) is 5.78 Å². The molecule has 0 bridgehead atoms. The van der Waals surface area contributed by atoms with Crippen molar-refractivity contribution in [3.8, 4) is 5.75 Å². The molecular formula is C59H69N9O9. The SMILES string of the molecule is NCCCC[C@@H]1NC(=O)[C@@H](CC2CNc3ccccc32)NC(=O)[C@H](c2ccccc2)NC(=O)[C@@H]2C[C@@H](OC(=O)NCCN)CN2C(=O)[C@H](Cc2ccccc2)CC(=O)[C@H](Cc2ccc(OCc3ccccc3)cc2)NC1=O. The van der Waals surface area contributed by atoms with E-state index in [1.165, 1.54) is 4.90 Å². The Balaban J connectivity index is 1.18. The third-order valence-electron chi connectivity index (χ3n) is 14.3. The minimum atomic E-state index is -1.38. The zero-order valence-corrected chi connectivity index (χ0v) is 43.1. The van der Waals surface area contributed by atoms with E-state index in [2.05, 4.69) is 31.9 Å². The number of hydrogen-bond acceptors (Lipinski definition) is 12. The summed E-state index contributed by atoms with van der Waals surface area (Å²) in [5, 5.41) is 17.7. The summed E-state index contributed by atoms with van der Waals surface area (Å²) in [5.74, 6) is -4.50. The number of Topliss-reactive ketones (excluding diaryl/α,β-unsaturated/α-hetero) is 1. The molecule has 1 unspecified atom stereocenters. The second-order valence-electron chi connectivity index (χ2n) is 19.9. The van der Waals surface area contributed by atoms with Crippen LogP contribution in [-0.4, -0.2) is 109 Å². The molecular weight excluding hydrogens is 979 g/mol. The second-order valence-corrected chi connectivity index (χ2v) is 19.9. The molecule has 5 aromatic carbocycles. The van der Waals surface area contributed by atoms with E-state index in [-0.39, 0.29) is 64.1 Å². The van der Waals surface area contributed by atoms with E-state index in [1.807, 2.05) is 97.1 Å². The van der Waals surface area contributed by atoms with E-state index in [4.69, 9.17) is 20.9 Å². The minimum absolute atomic E-state index is 0.00939. The summed E-state index contributed by atoms with van der Waals surface area (Å²) >= 11 is 0. The highest BCUT2D eigenvalue weighted by molar-refractivity contribution is 5.99. The molecule has 3 heterocycles. The van der Waals surface area contributed by atoms with Crippen molar-refractivity contribution in [3.05, 3.63) is 167 Å². The molecule has 0 radical (unpaired) electrons. The average molecular weight is 1050 g/mol. The summed E-state index contributed by atoms with van der Waals surface area (Å²) in [6.07, 6.45) is -0.958. The number of rotatable bonds is 17. The number of ether oxygens (including phenoxy) is 2. The maximum Gasteiger partial charge on any atom is 0.407 e. The van der Waals surface area contributed by atoms with Crippen LogP contribution in [0.4, 0.5) is 10.5 Å². The summed E-state index contributed by atoms with van der Waals surface area (Å²) in [6.45, 7) is 1.18. The molecule has 0 saturated carbocycles. The number of nitrogens with zero attached hydrogens (tertiary/aromatic N) is 1. The molecule has 0 aromatic heterocycles. The van der Waals surface area contributed by atoms with Gasteiger partial charge in [-0.1, -0.05) is 121 Å². The molecule has 77 heavy (non-hydrogen) atoms. The number of anilines is 1. The van der Waals surface area contributed by atoms with Gasteiger partial charge in [-0.15, -0.1) is 0 Å². The summed E-state index contributed by atoms with van der Waals surface area (Å²) in [7, 11) is 0. The fourth-order valence-corrected chi connectivity index (χ4v) is 10.3. The molecule has 10 N–H and O–H groups in total. The largest absolute Gasteiger partial charge is 0.489 e. The lowest BCUT2D eigenvalue weighted by atomic mass is 9.88. The van der Waals surface area contributed by atoms with Gasteiger partial charge in [-0.2, -0.15) is 0 Å². The molecule has 3 aliphatic heterocycles. The van der Waals surface area contributed by atoms with Gasteiger partial charge >= 0.3 is 6.09 Å². The Morgan fingerprint density at radius 2 is 1.26 bits per heavy atom. The second kappa shape index (κ2) is 27.1. The number of carbonyl (C=O) groups excluding carboxylic acids is 7. The number of amides is 6. The number of para-hydroxylation sites is 1. The average Bonchev–Trinajstić information content (AvgIpc) is 4.08. The summed E-state index contributed by atoms with van der Waals surface area (Å²) in [4.78, 5) is 105. The van der Waals surface area contributed by atoms with Gasteiger partial charge in [-0.25, -0.2) is 4.79 Å². The van der Waals surface area contributed by atoms with E-state index in [1.54, 1.807) is 42.5 Å². The number of carbonyl (C=O) groups is 7. The maximum atomic E-state index is 15.4. The number of fused-ring (bicyclic) bond motifs is 2. The topological polar surface area (TPSA) is 265 Å². The normalized spacial score (nSPS) is 23.2. The molecule has 8 rings (SSSR count). The molecule has 2 fully saturated rings. The van der Waals surface area contributed by atoms with Gasteiger partial charge in [-0.3, -0.25) is 28.8 Å². The highest BCUT2D eigenvalue weighted by Gasteiger charge is 2.45. The monoisotopic (exact) mass is 1050 g/mol. The molecule has 5 aromatic rings. The van der Waals surface area contributed by atoms with Crippen molar-refractivity contribution in [2.24, 2.45) is 17.4 Å². The van der Waals surface area contributed by atoms with E-state index in [0.717, 1.165) is 22.4 Å². The number of nitrogens with two attached hydrogens (primary N) is 2. The Bertz CT molecular complexity index is 2810. The molecule has 18 heteroatoms. The first kappa shape index (κ1) is 55.2. The van der Waals surface area contributed by atoms with Crippen LogP contribution in [0.3, 0.4) is 0 Å². The first-order chi connectivity index (χ1) is 37.5. The van der Waals surface area contributed by atoms with E-state index in [9.17, 15) is 24.0 Å². The first-order valence-corrected chi connectivity index (χ1v) is 26.5. The number of nitrogens with one attached hydrogen (secondary N) is 6. The molecule has 2 saturated heterocycles. The van der Waals surface area contributed by atoms with Crippen LogP contribution < -0.4 is 48.1 Å². The van der Waals surface area contributed by atoms with Crippen LogP contribution in [0.5, 0.6) is 5.75 Å². The summed E-state index contributed by atoms with van der Waals surface area (Å²) in [6, 6.07) is 35.9. The van der Waals surface area contributed by atoms with E-state index < -0.39 is 83.6 Å². The highest BCUT2D eigenvalue weighted by atomic mass is 16.6. The molecule has 6 amide bonds. The number of alkyl carbamates (subject to hydrolysis) is 1. The van der Waals surface area contributed by atoms with Gasteiger partial charge in [0.05, 0.1) is 12.6 Å². The fourth-order valence-electron chi connectivity index (χ4n) is 10.3. The van der Waals surface area contributed by atoms with Crippen molar-refractivity contribution in [2.45, 2.75) is 100 Å². The maximum absolute atomic E-state index is 15.4. The number of ketones is 1. The van der Waals surface area contributed by atoms with Crippen molar-refractivity contribution in [1.82, 2.24) is 31.5 Å². The zero-order valence-electron chi connectivity index (χ0n) is 43.1. The van der Waals surface area contributed by atoms with Gasteiger partial charge in [0.2, 0.25) is 29.5 Å². The summed E-state index contributed by atoms with van der Waals surface area (Å²) in [5.41, 5.74) is 16.2. The number of hydrogen-bond donors (Lipinski definition) is 8. The van der Waals surface area contributed by atoms with Crippen LogP contribution in [-0.2, 0) is 53.0 Å². The number of benzene rings is 5. The predicted molar refractivity (Wildman–Crippen MR) is 290 cm³/mol. The van der Waals surface area contributed by atoms with Gasteiger partial charge in [0.1, 0.15) is 42.6 Å². The number of unbranched alkanes of at least 4 members (excludes halogenated alkanes) is 1. The summed E-state index contributed by atoms with van der Waals surface area (Å²) < 4.78 is 11.8. The van der Waals surface area contributed by atoms with Gasteiger partial charge in [0.25, 0.3) is 0 Å². The van der Waals surface area contributed by atoms with E-state index >= 15 is 9.59 Å². The molecule has 0 spiro atoms. The Morgan fingerprint density at radius 3 is 1.97 bits per heavy atom. The van der Waals surface area contributed by atoms with Gasteiger partial charge < -0.3 is 57.7 Å². The Morgan fingerprint density at radius 1 is 0.623 bits per heavy atom.